The van der Waals surface area contributed by atoms with Crippen LogP contribution in [0.4, 0.5) is 0 Å². The summed E-state index contributed by atoms with van der Waals surface area (Å²) >= 11 is 5.98. The predicted octanol–water partition coefficient (Wildman–Crippen LogP) is 3.21. The highest BCUT2D eigenvalue weighted by molar-refractivity contribution is 6.30. The molecule has 4 nitrogen and oxygen atoms in total. The Morgan fingerprint density at radius 2 is 2.13 bits per heavy atom. The average Bonchev–Trinajstić information content (AvgIpc) is 3.33. The van der Waals surface area contributed by atoms with Crippen molar-refractivity contribution in [2.75, 3.05) is 0 Å². The van der Waals surface area contributed by atoms with Gasteiger partial charge in [0, 0.05) is 11.6 Å². The second-order valence-corrected chi connectivity index (χ2v) is 6.36. The minimum Gasteiger partial charge on any atom is -0.345 e. The van der Waals surface area contributed by atoms with E-state index < -0.39 is 0 Å². The first-order valence-electron chi connectivity index (χ1n) is 7.77. The lowest BCUT2D eigenvalue weighted by molar-refractivity contribution is -0.521. The Bertz CT molecular complexity index is 883. The molecule has 3 aromatic rings. The number of nitrogens with one attached hydrogen (secondary N) is 2. The fourth-order valence-electron chi connectivity index (χ4n) is 2.86. The van der Waals surface area contributed by atoms with Gasteiger partial charge in [-0.05, 0) is 42.7 Å². The van der Waals surface area contributed by atoms with E-state index in [1.807, 2.05) is 48.7 Å². The third-order valence-corrected chi connectivity index (χ3v) is 4.40. The number of hydrogen-bond donors (Lipinski definition) is 2. The molecule has 1 fully saturated rings. The Balaban J connectivity index is 1.60. The van der Waals surface area contributed by atoms with Gasteiger partial charge in [0.1, 0.15) is 0 Å². The lowest BCUT2D eigenvalue weighted by Gasteiger charge is -2.03. The van der Waals surface area contributed by atoms with Gasteiger partial charge in [0.05, 0.1) is 12.1 Å². The van der Waals surface area contributed by atoms with Crippen molar-refractivity contribution < 1.29 is 9.20 Å². The van der Waals surface area contributed by atoms with E-state index in [0.717, 1.165) is 16.9 Å². The lowest BCUT2D eigenvalue weighted by atomic mass is 10.2. The largest absolute Gasteiger partial charge is 0.345 e. The van der Waals surface area contributed by atoms with Crippen molar-refractivity contribution in [3.63, 3.8) is 0 Å². The van der Waals surface area contributed by atoms with Crippen LogP contribution < -0.4 is 9.72 Å². The van der Waals surface area contributed by atoms with E-state index in [2.05, 4.69) is 14.7 Å². The van der Waals surface area contributed by atoms with Crippen molar-refractivity contribution in [2.45, 2.75) is 25.3 Å². The van der Waals surface area contributed by atoms with Gasteiger partial charge in [-0.25, -0.2) is 4.98 Å². The quantitative estimate of drug-likeness (QED) is 0.711. The maximum absolute atomic E-state index is 12.6. The molecular weight excluding hydrogens is 310 g/mol. The molecule has 1 saturated carbocycles. The highest BCUT2D eigenvalue weighted by Gasteiger charge is 2.35. The number of amides is 1. The topological polar surface area (TPSA) is 49.0 Å². The number of aromatic nitrogens is 2. The second kappa shape index (κ2) is 5.70. The minimum absolute atomic E-state index is 0.0967. The molecule has 2 aromatic heterocycles. The zero-order valence-corrected chi connectivity index (χ0v) is 13.3. The number of hydrogen-bond acceptors (Lipinski definition) is 1. The molecule has 1 aliphatic carbocycles. The Kier molecular flexibility index (Phi) is 3.54. The Morgan fingerprint density at radius 1 is 1.26 bits per heavy atom. The first kappa shape index (κ1) is 14.3. The van der Waals surface area contributed by atoms with Crippen molar-refractivity contribution in [1.29, 1.82) is 0 Å². The van der Waals surface area contributed by atoms with Crippen LogP contribution in [-0.4, -0.2) is 10.9 Å². The van der Waals surface area contributed by atoms with Crippen LogP contribution in [-0.2, 0) is 6.54 Å². The summed E-state index contributed by atoms with van der Waals surface area (Å²) in [7, 11) is 0. The Morgan fingerprint density at radius 3 is 2.91 bits per heavy atom. The highest BCUT2D eigenvalue weighted by atomic mass is 35.5. The van der Waals surface area contributed by atoms with E-state index in [1.54, 1.807) is 0 Å². The van der Waals surface area contributed by atoms with E-state index in [0.29, 0.717) is 23.2 Å². The van der Waals surface area contributed by atoms with Gasteiger partial charge in [-0.1, -0.05) is 29.8 Å². The third kappa shape index (κ3) is 2.82. The normalized spacial score (nSPS) is 14.1. The zero-order valence-electron chi connectivity index (χ0n) is 12.6. The molecular formula is C18H17ClN3O+. The third-order valence-electron chi connectivity index (χ3n) is 4.16. The van der Waals surface area contributed by atoms with Crippen molar-refractivity contribution >= 4 is 23.0 Å². The number of pyridine rings is 1. The van der Waals surface area contributed by atoms with Crippen molar-refractivity contribution in [3.8, 4) is 0 Å². The van der Waals surface area contributed by atoms with E-state index in [9.17, 15) is 4.79 Å². The fourth-order valence-corrected chi connectivity index (χ4v) is 3.07. The molecule has 0 bridgehead atoms. The monoisotopic (exact) mass is 326 g/mol. The summed E-state index contributed by atoms with van der Waals surface area (Å²) in [6.07, 6.45) is 4.37. The van der Waals surface area contributed by atoms with Gasteiger partial charge in [0.25, 0.3) is 11.7 Å². The molecule has 1 aliphatic rings. The van der Waals surface area contributed by atoms with Gasteiger partial charge in [-0.15, -0.1) is 0 Å². The number of fused-ring (bicyclic) bond motifs is 1. The standard InChI is InChI=1S/C18H16ClN3O/c19-14-5-3-4-12(10-14)11-20-18(23)16-15-6-1-2-9-22(15)17(21-16)13-7-8-13/h1-6,9-10,13H,7-8,11H2,(H,20,23)/p+1. The van der Waals surface area contributed by atoms with Gasteiger partial charge < -0.3 is 5.32 Å². The smallest absolute Gasteiger partial charge is 0.295 e. The molecule has 1 aromatic carbocycles. The summed E-state index contributed by atoms with van der Waals surface area (Å²) < 4.78 is 2.09. The van der Waals surface area contributed by atoms with Gasteiger partial charge in [-0.3, -0.25) is 4.79 Å². The minimum atomic E-state index is -0.0967. The van der Waals surface area contributed by atoms with E-state index in [-0.39, 0.29) is 5.91 Å². The lowest BCUT2D eigenvalue weighted by Crippen LogP contribution is -2.25. The van der Waals surface area contributed by atoms with Crippen LogP contribution in [0.15, 0.2) is 48.7 Å². The number of nitrogens with zero attached hydrogens (tertiary/aromatic N) is 1. The molecule has 0 spiro atoms. The average molecular weight is 327 g/mol. The number of H-pyrrole nitrogens is 1. The number of carbonyl (C=O) groups excluding carboxylic acids is 1. The number of aromatic amines is 1. The van der Waals surface area contributed by atoms with Crippen LogP contribution >= 0.6 is 11.6 Å². The van der Waals surface area contributed by atoms with E-state index in [1.165, 1.54) is 12.8 Å². The molecule has 0 atom stereocenters. The van der Waals surface area contributed by atoms with Crippen LogP contribution in [0.25, 0.3) is 5.52 Å². The predicted molar refractivity (Wildman–Crippen MR) is 88.5 cm³/mol. The summed E-state index contributed by atoms with van der Waals surface area (Å²) in [4.78, 5) is 15.9. The molecule has 116 valence electrons. The molecule has 0 unspecified atom stereocenters. The van der Waals surface area contributed by atoms with Gasteiger partial charge in [0.2, 0.25) is 5.69 Å². The number of rotatable bonds is 4. The van der Waals surface area contributed by atoms with Crippen LogP contribution in [0.5, 0.6) is 0 Å². The van der Waals surface area contributed by atoms with Crippen LogP contribution in [0.2, 0.25) is 5.02 Å². The highest BCUT2D eigenvalue weighted by Crippen LogP contribution is 2.38. The summed E-state index contributed by atoms with van der Waals surface area (Å²) in [5.74, 6) is 1.56. The fraction of sp³-hybridized carbons (Fsp3) is 0.222. The molecule has 0 radical (unpaired) electrons. The first-order valence-corrected chi connectivity index (χ1v) is 8.15. The Hall–Kier alpha value is -2.33. The maximum atomic E-state index is 12.6. The van der Waals surface area contributed by atoms with Gasteiger partial charge in [0.15, 0.2) is 5.52 Å². The maximum Gasteiger partial charge on any atom is 0.295 e. The second-order valence-electron chi connectivity index (χ2n) is 5.93. The van der Waals surface area contributed by atoms with Gasteiger partial charge >= 0.3 is 0 Å². The molecule has 2 N–H and O–H groups in total. The Labute approximate surface area is 139 Å². The van der Waals surface area contributed by atoms with E-state index in [4.69, 9.17) is 11.6 Å². The van der Waals surface area contributed by atoms with Crippen molar-refractivity contribution in [3.05, 3.63) is 70.8 Å². The zero-order chi connectivity index (χ0) is 15.8. The number of carbonyl (C=O) groups is 1. The van der Waals surface area contributed by atoms with Crippen molar-refractivity contribution in [2.24, 2.45) is 0 Å². The SMILES string of the molecule is O=C(NCc1cccc(Cl)c1)c1[nH]c(C2CC2)[n+]2ccccc12. The molecule has 2 heterocycles. The summed E-state index contributed by atoms with van der Waals surface area (Å²) in [6.45, 7) is 0.455. The number of halogens is 1. The van der Waals surface area contributed by atoms with Crippen LogP contribution in [0, 0.1) is 0 Å². The molecule has 5 heteroatoms. The molecule has 0 saturated heterocycles. The number of imidazole rings is 1. The molecule has 0 aliphatic heterocycles. The number of benzene rings is 1. The summed E-state index contributed by atoms with van der Waals surface area (Å²) in [6, 6.07) is 13.4. The van der Waals surface area contributed by atoms with Crippen LogP contribution in [0.1, 0.15) is 40.6 Å². The van der Waals surface area contributed by atoms with Crippen molar-refractivity contribution in [1.82, 2.24) is 10.3 Å². The first-order chi connectivity index (χ1) is 11.2. The molecule has 4 rings (SSSR count). The summed E-state index contributed by atoms with van der Waals surface area (Å²) in [5, 5.41) is 3.64. The van der Waals surface area contributed by atoms with Crippen LogP contribution in [0.3, 0.4) is 0 Å². The summed E-state index contributed by atoms with van der Waals surface area (Å²) in [5.41, 5.74) is 2.52. The molecule has 23 heavy (non-hydrogen) atoms. The molecule has 1 amide bonds. The van der Waals surface area contributed by atoms with E-state index >= 15 is 0 Å². The van der Waals surface area contributed by atoms with Gasteiger partial charge in [-0.2, -0.15) is 4.40 Å².